The number of hydrogen-bond acceptors (Lipinski definition) is 4. The first-order chi connectivity index (χ1) is 13.9. The average molecular weight is 417 g/mol. The number of nitrogens with one attached hydrogen (secondary N) is 1. The minimum absolute atomic E-state index is 0.128. The molecule has 8 heteroatoms. The molecule has 2 unspecified atom stereocenters. The molecule has 2 aliphatic heterocycles. The van der Waals surface area contributed by atoms with Gasteiger partial charge in [0.25, 0.3) is 5.91 Å². The molecule has 1 fully saturated rings. The second kappa shape index (κ2) is 7.71. The van der Waals surface area contributed by atoms with Crippen molar-refractivity contribution in [2.75, 3.05) is 13.6 Å². The Labute approximate surface area is 175 Å². The van der Waals surface area contributed by atoms with Crippen LogP contribution in [0.4, 0.5) is 0 Å². The van der Waals surface area contributed by atoms with Crippen molar-refractivity contribution in [3.63, 3.8) is 0 Å². The molecule has 0 saturated carbocycles. The minimum atomic E-state index is -0.485. The van der Waals surface area contributed by atoms with E-state index < -0.39 is 5.60 Å². The van der Waals surface area contributed by atoms with Gasteiger partial charge in [-0.2, -0.15) is 5.10 Å². The summed E-state index contributed by atoms with van der Waals surface area (Å²) in [6, 6.07) is 7.53. The van der Waals surface area contributed by atoms with Crippen LogP contribution in [0.1, 0.15) is 54.7 Å². The number of para-hydroxylation sites is 1. The minimum Gasteiger partial charge on any atom is -0.487 e. The van der Waals surface area contributed by atoms with Crippen LogP contribution in [0.2, 0.25) is 5.02 Å². The number of ether oxygens (including phenoxy) is 1. The van der Waals surface area contributed by atoms with E-state index in [0.717, 1.165) is 17.7 Å². The topological polar surface area (TPSA) is 76.5 Å². The molecule has 7 nitrogen and oxygen atoms in total. The van der Waals surface area contributed by atoms with Gasteiger partial charge in [0.1, 0.15) is 17.0 Å². The first-order valence-corrected chi connectivity index (χ1v) is 10.3. The van der Waals surface area contributed by atoms with Crippen LogP contribution in [0.25, 0.3) is 0 Å². The number of likely N-dealkylation sites (tertiary alicyclic amines) is 1. The highest BCUT2D eigenvalue weighted by Gasteiger charge is 2.43. The number of fused-ring (bicyclic) bond motifs is 1. The molecule has 154 valence electrons. The van der Waals surface area contributed by atoms with Gasteiger partial charge in [0.15, 0.2) is 0 Å². The molecular weight excluding hydrogens is 392 g/mol. The van der Waals surface area contributed by atoms with Crippen molar-refractivity contribution in [2.24, 2.45) is 0 Å². The summed E-state index contributed by atoms with van der Waals surface area (Å²) in [6.07, 6.45) is 3.89. The molecule has 0 aliphatic carbocycles. The maximum absolute atomic E-state index is 13.1. The molecule has 2 amide bonds. The maximum atomic E-state index is 13.1. The fraction of sp³-hybridized carbons (Fsp3) is 0.476. The normalized spacial score (nSPS) is 24.0. The number of amides is 2. The van der Waals surface area contributed by atoms with Crippen molar-refractivity contribution in [1.82, 2.24) is 20.0 Å². The van der Waals surface area contributed by atoms with Crippen molar-refractivity contribution in [2.45, 2.75) is 50.8 Å². The van der Waals surface area contributed by atoms with Gasteiger partial charge in [-0.15, -0.1) is 0 Å². The monoisotopic (exact) mass is 416 g/mol. The molecule has 1 aromatic heterocycles. The van der Waals surface area contributed by atoms with Gasteiger partial charge < -0.3 is 15.0 Å². The van der Waals surface area contributed by atoms with Gasteiger partial charge in [0.2, 0.25) is 5.91 Å². The lowest BCUT2D eigenvalue weighted by Crippen LogP contribution is -2.46. The Morgan fingerprint density at radius 2 is 2.17 bits per heavy atom. The third kappa shape index (κ3) is 3.71. The van der Waals surface area contributed by atoms with Crippen LogP contribution in [0.3, 0.4) is 0 Å². The molecule has 4 rings (SSSR count). The number of halogens is 1. The summed E-state index contributed by atoms with van der Waals surface area (Å²) in [6.45, 7) is 3.10. The van der Waals surface area contributed by atoms with Crippen molar-refractivity contribution in [3.8, 4) is 5.75 Å². The first-order valence-electron chi connectivity index (χ1n) is 9.96. The van der Waals surface area contributed by atoms with Crippen LogP contribution < -0.4 is 10.1 Å². The second-order valence-electron chi connectivity index (χ2n) is 7.78. The van der Waals surface area contributed by atoms with Gasteiger partial charge in [-0.25, -0.2) is 0 Å². The number of nitrogens with zero attached hydrogens (tertiary/aromatic N) is 3. The third-order valence-corrected chi connectivity index (χ3v) is 6.21. The molecule has 0 bridgehead atoms. The zero-order chi connectivity index (χ0) is 20.6. The number of aromatic nitrogens is 2. The Kier molecular flexibility index (Phi) is 5.25. The van der Waals surface area contributed by atoms with Crippen LogP contribution in [-0.4, -0.2) is 45.7 Å². The molecule has 3 heterocycles. The van der Waals surface area contributed by atoms with Gasteiger partial charge in [0.05, 0.1) is 17.3 Å². The smallest absolute Gasteiger partial charge is 0.271 e. The van der Waals surface area contributed by atoms with Crippen LogP contribution in [-0.2, 0) is 11.3 Å². The molecule has 1 N–H and O–H groups in total. The number of carbonyl (C=O) groups is 2. The molecule has 1 spiro atoms. The van der Waals surface area contributed by atoms with Crippen LogP contribution in [0.15, 0.2) is 30.5 Å². The number of hydrogen-bond donors (Lipinski definition) is 1. The lowest BCUT2D eigenvalue weighted by atomic mass is 9.82. The van der Waals surface area contributed by atoms with E-state index in [1.165, 1.54) is 6.20 Å². The molecule has 0 radical (unpaired) electrons. The quantitative estimate of drug-likeness (QED) is 0.833. The summed E-state index contributed by atoms with van der Waals surface area (Å²) in [5.41, 5.74) is 0.818. The zero-order valence-electron chi connectivity index (χ0n) is 16.7. The zero-order valence-corrected chi connectivity index (χ0v) is 17.4. The Hall–Kier alpha value is -2.54. The average Bonchev–Trinajstić information content (AvgIpc) is 3.05. The van der Waals surface area contributed by atoms with Gasteiger partial charge in [0, 0.05) is 45.0 Å². The highest BCUT2D eigenvalue weighted by Crippen LogP contribution is 2.44. The SMILES string of the molecule is CCn1ncc(Cl)c1C(=O)NC1CC2(CCC(=O)N(C)CC2)Oc2ccccc21. The lowest BCUT2D eigenvalue weighted by molar-refractivity contribution is -0.129. The molecule has 1 aromatic carbocycles. The van der Waals surface area contributed by atoms with Gasteiger partial charge in [-0.05, 0) is 19.4 Å². The van der Waals surface area contributed by atoms with Crippen molar-refractivity contribution in [1.29, 1.82) is 0 Å². The van der Waals surface area contributed by atoms with Crippen molar-refractivity contribution in [3.05, 3.63) is 46.7 Å². The standard InChI is InChI=1S/C21H25ClN4O3/c1-3-26-19(15(22)13-23-26)20(28)24-16-12-21(9-8-18(27)25(2)11-10-21)29-17-7-5-4-6-14(16)17/h4-7,13,16H,3,8-12H2,1-2H3,(H,24,28). The summed E-state index contributed by atoms with van der Waals surface area (Å²) >= 11 is 6.22. The third-order valence-electron chi connectivity index (χ3n) is 5.93. The van der Waals surface area contributed by atoms with Crippen molar-refractivity contribution < 1.29 is 14.3 Å². The molecule has 1 saturated heterocycles. The van der Waals surface area contributed by atoms with E-state index in [4.69, 9.17) is 16.3 Å². The predicted octanol–water partition coefficient (Wildman–Crippen LogP) is 3.19. The van der Waals surface area contributed by atoms with E-state index in [1.807, 2.05) is 38.2 Å². The Balaban J connectivity index is 1.64. The van der Waals surface area contributed by atoms with Gasteiger partial charge in [-0.1, -0.05) is 29.8 Å². The lowest BCUT2D eigenvalue weighted by Gasteiger charge is -2.42. The Morgan fingerprint density at radius 1 is 1.38 bits per heavy atom. The number of carbonyl (C=O) groups excluding carboxylic acids is 2. The Morgan fingerprint density at radius 3 is 2.97 bits per heavy atom. The van der Waals surface area contributed by atoms with Crippen LogP contribution in [0, 0.1) is 0 Å². The molecule has 2 aromatic rings. The van der Waals surface area contributed by atoms with E-state index in [-0.39, 0.29) is 17.9 Å². The number of benzene rings is 1. The summed E-state index contributed by atoms with van der Waals surface area (Å²) in [4.78, 5) is 27.0. The van der Waals surface area contributed by atoms with Gasteiger partial charge >= 0.3 is 0 Å². The maximum Gasteiger partial charge on any atom is 0.271 e. The summed E-state index contributed by atoms with van der Waals surface area (Å²) in [5.74, 6) is 0.632. The fourth-order valence-corrected chi connectivity index (χ4v) is 4.48. The largest absolute Gasteiger partial charge is 0.487 e. The molecule has 2 atom stereocenters. The predicted molar refractivity (Wildman–Crippen MR) is 109 cm³/mol. The number of rotatable bonds is 3. The number of aryl methyl sites for hydroxylation is 1. The summed E-state index contributed by atoms with van der Waals surface area (Å²) < 4.78 is 8.03. The second-order valence-corrected chi connectivity index (χ2v) is 8.18. The summed E-state index contributed by atoms with van der Waals surface area (Å²) in [5, 5.41) is 7.64. The Bertz CT molecular complexity index is 944. The van der Waals surface area contributed by atoms with Crippen LogP contribution in [0.5, 0.6) is 5.75 Å². The molecular formula is C21H25ClN4O3. The van der Waals surface area contributed by atoms with Crippen LogP contribution >= 0.6 is 11.6 Å². The van der Waals surface area contributed by atoms with E-state index in [1.54, 1.807) is 9.58 Å². The first kappa shape index (κ1) is 19.8. The van der Waals surface area contributed by atoms with Crippen molar-refractivity contribution >= 4 is 23.4 Å². The van der Waals surface area contributed by atoms with Gasteiger partial charge in [-0.3, -0.25) is 14.3 Å². The highest BCUT2D eigenvalue weighted by molar-refractivity contribution is 6.33. The van der Waals surface area contributed by atoms with E-state index in [0.29, 0.717) is 43.1 Å². The summed E-state index contributed by atoms with van der Waals surface area (Å²) in [7, 11) is 1.82. The van der Waals surface area contributed by atoms with E-state index in [2.05, 4.69) is 10.4 Å². The van der Waals surface area contributed by atoms with E-state index >= 15 is 0 Å². The fourth-order valence-electron chi connectivity index (χ4n) is 4.25. The van der Waals surface area contributed by atoms with E-state index in [9.17, 15) is 9.59 Å². The highest BCUT2D eigenvalue weighted by atomic mass is 35.5. The molecule has 2 aliphatic rings. The molecule has 29 heavy (non-hydrogen) atoms.